The minimum absolute atomic E-state index is 0.206. The molecular weight excluding hydrogens is 364 g/mol. The first-order valence-electron chi connectivity index (χ1n) is 10.5. The fourth-order valence-corrected chi connectivity index (χ4v) is 3.90. The number of benzene rings is 1. The van der Waals surface area contributed by atoms with Crippen molar-refractivity contribution in [1.82, 2.24) is 14.9 Å². The number of carbonyl (C=O) groups excluding carboxylic acids is 1. The molecule has 7 nitrogen and oxygen atoms in total. The Bertz CT molecular complexity index is 823. The smallest absolute Gasteiger partial charge is 0.274 e. The number of rotatable bonds is 4. The predicted octanol–water partition coefficient (Wildman–Crippen LogP) is 2.72. The third kappa shape index (κ3) is 4.85. The van der Waals surface area contributed by atoms with Gasteiger partial charge in [-0.05, 0) is 50.1 Å². The molecule has 0 unspecified atom stereocenters. The van der Waals surface area contributed by atoms with Crippen LogP contribution in [-0.4, -0.2) is 67.1 Å². The van der Waals surface area contributed by atoms with E-state index < -0.39 is 0 Å². The molecule has 1 amide bonds. The van der Waals surface area contributed by atoms with Crippen molar-refractivity contribution >= 4 is 23.1 Å². The van der Waals surface area contributed by atoms with Gasteiger partial charge in [0, 0.05) is 56.7 Å². The number of nitrogens with zero attached hydrogens (tertiary/aromatic N) is 5. The van der Waals surface area contributed by atoms with Crippen molar-refractivity contribution < 1.29 is 4.79 Å². The zero-order valence-corrected chi connectivity index (χ0v) is 17.3. The number of carbonyl (C=O) groups is 1. The lowest BCUT2D eigenvalue weighted by atomic mass is 9.99. The van der Waals surface area contributed by atoms with Gasteiger partial charge in [0.1, 0.15) is 17.8 Å². The molecule has 1 aromatic carbocycles. The fraction of sp³-hybridized carbons (Fsp3) is 0.500. The van der Waals surface area contributed by atoms with Crippen LogP contribution in [0.25, 0.3) is 0 Å². The summed E-state index contributed by atoms with van der Waals surface area (Å²) < 4.78 is 0. The van der Waals surface area contributed by atoms with E-state index in [0.717, 1.165) is 56.7 Å². The first-order valence-corrected chi connectivity index (χ1v) is 10.5. The zero-order valence-electron chi connectivity index (χ0n) is 17.3. The summed E-state index contributed by atoms with van der Waals surface area (Å²) >= 11 is 0. The topological polar surface area (TPSA) is 64.6 Å². The number of aromatic nitrogens is 2. The van der Waals surface area contributed by atoms with Crippen LogP contribution in [0.5, 0.6) is 0 Å². The van der Waals surface area contributed by atoms with Gasteiger partial charge in [0.25, 0.3) is 5.91 Å². The molecule has 4 rings (SSSR count). The maximum absolute atomic E-state index is 12.7. The third-order valence-corrected chi connectivity index (χ3v) is 5.99. The van der Waals surface area contributed by atoms with E-state index in [1.54, 1.807) is 6.07 Å². The normalized spacial score (nSPS) is 18.7. The molecule has 0 aliphatic carbocycles. The van der Waals surface area contributed by atoms with Crippen LogP contribution in [-0.2, 0) is 0 Å². The molecule has 29 heavy (non-hydrogen) atoms. The number of likely N-dealkylation sites (N-methyl/N-ethyl adjacent to an activating group) is 1. The van der Waals surface area contributed by atoms with Crippen molar-refractivity contribution in [3.8, 4) is 0 Å². The number of piperidine rings is 1. The van der Waals surface area contributed by atoms with Crippen LogP contribution in [0.3, 0.4) is 0 Å². The lowest BCUT2D eigenvalue weighted by Crippen LogP contribution is -2.44. The second-order valence-electron chi connectivity index (χ2n) is 8.22. The summed E-state index contributed by atoms with van der Waals surface area (Å²) in [7, 11) is 2.12. The van der Waals surface area contributed by atoms with E-state index in [2.05, 4.69) is 56.1 Å². The molecule has 2 aliphatic rings. The van der Waals surface area contributed by atoms with Gasteiger partial charge < -0.3 is 20.0 Å². The molecule has 0 saturated carbocycles. The van der Waals surface area contributed by atoms with Crippen molar-refractivity contribution in [2.24, 2.45) is 5.92 Å². The number of hydrogen-bond donors (Lipinski definition) is 1. The van der Waals surface area contributed by atoms with Crippen LogP contribution >= 0.6 is 0 Å². The highest BCUT2D eigenvalue weighted by Gasteiger charge is 2.18. The lowest BCUT2D eigenvalue weighted by molar-refractivity contribution is 0.102. The summed E-state index contributed by atoms with van der Waals surface area (Å²) in [6.07, 6.45) is 3.95. The van der Waals surface area contributed by atoms with Crippen molar-refractivity contribution in [3.05, 3.63) is 42.4 Å². The van der Waals surface area contributed by atoms with Crippen molar-refractivity contribution in [1.29, 1.82) is 0 Å². The molecule has 2 fully saturated rings. The summed E-state index contributed by atoms with van der Waals surface area (Å²) in [6, 6.07) is 9.88. The van der Waals surface area contributed by atoms with Crippen LogP contribution < -0.4 is 15.1 Å². The molecule has 2 aliphatic heterocycles. The summed E-state index contributed by atoms with van der Waals surface area (Å²) in [4.78, 5) is 28.1. The van der Waals surface area contributed by atoms with E-state index in [1.807, 2.05) is 12.1 Å². The molecule has 1 aromatic heterocycles. The van der Waals surface area contributed by atoms with Gasteiger partial charge in [-0.15, -0.1) is 0 Å². The molecule has 2 aromatic rings. The minimum atomic E-state index is -0.206. The number of nitrogens with one attached hydrogen (secondary N) is 1. The Labute approximate surface area is 172 Å². The van der Waals surface area contributed by atoms with Gasteiger partial charge in [-0.25, -0.2) is 9.97 Å². The zero-order chi connectivity index (χ0) is 20.2. The van der Waals surface area contributed by atoms with Gasteiger partial charge >= 0.3 is 0 Å². The molecule has 3 heterocycles. The number of hydrogen-bond acceptors (Lipinski definition) is 6. The van der Waals surface area contributed by atoms with Gasteiger partial charge in [-0.3, -0.25) is 4.79 Å². The molecule has 7 heteroatoms. The van der Waals surface area contributed by atoms with Crippen LogP contribution in [0, 0.1) is 5.92 Å². The SMILES string of the molecule is CC1CCN(c2ccc(NC(=O)c3cc(N4CCN(C)CC4)ncn3)cc2)CC1. The highest BCUT2D eigenvalue weighted by molar-refractivity contribution is 6.03. The first kappa shape index (κ1) is 19.6. The Kier molecular flexibility index (Phi) is 5.94. The lowest BCUT2D eigenvalue weighted by Gasteiger charge is -2.33. The van der Waals surface area contributed by atoms with Crippen molar-refractivity contribution in [2.45, 2.75) is 19.8 Å². The van der Waals surface area contributed by atoms with Crippen LogP contribution in [0.1, 0.15) is 30.3 Å². The maximum Gasteiger partial charge on any atom is 0.274 e. The van der Waals surface area contributed by atoms with Crippen LogP contribution in [0.15, 0.2) is 36.7 Å². The molecule has 0 atom stereocenters. The van der Waals surface area contributed by atoms with Gasteiger partial charge in [0.2, 0.25) is 0 Å². The average molecular weight is 395 g/mol. The maximum atomic E-state index is 12.7. The van der Waals surface area contributed by atoms with E-state index in [0.29, 0.717) is 5.69 Å². The number of amides is 1. The highest BCUT2D eigenvalue weighted by atomic mass is 16.1. The molecule has 0 spiro atoms. The Morgan fingerprint density at radius 2 is 1.66 bits per heavy atom. The summed E-state index contributed by atoms with van der Waals surface area (Å²) in [5, 5.41) is 2.96. The third-order valence-electron chi connectivity index (χ3n) is 5.99. The van der Waals surface area contributed by atoms with Gasteiger partial charge in [0.05, 0.1) is 0 Å². The molecule has 154 valence electrons. The Morgan fingerprint density at radius 3 is 2.34 bits per heavy atom. The fourth-order valence-electron chi connectivity index (χ4n) is 3.90. The molecule has 1 N–H and O–H groups in total. The van der Waals surface area contributed by atoms with E-state index in [1.165, 1.54) is 24.9 Å². The summed E-state index contributed by atoms with van der Waals surface area (Å²) in [6.45, 7) is 8.32. The van der Waals surface area contributed by atoms with E-state index >= 15 is 0 Å². The highest BCUT2D eigenvalue weighted by Crippen LogP contribution is 2.24. The predicted molar refractivity (Wildman–Crippen MR) is 117 cm³/mol. The number of anilines is 3. The average Bonchev–Trinajstić information content (AvgIpc) is 2.75. The van der Waals surface area contributed by atoms with Crippen molar-refractivity contribution in [2.75, 3.05) is 61.4 Å². The van der Waals surface area contributed by atoms with Crippen LogP contribution in [0.4, 0.5) is 17.2 Å². The molecular formula is C22H30N6O. The largest absolute Gasteiger partial charge is 0.372 e. The van der Waals surface area contributed by atoms with Gasteiger partial charge in [-0.2, -0.15) is 0 Å². The molecule has 0 bridgehead atoms. The Balaban J connectivity index is 1.38. The second-order valence-corrected chi connectivity index (χ2v) is 8.22. The Hall–Kier alpha value is -2.67. The van der Waals surface area contributed by atoms with E-state index in [9.17, 15) is 4.79 Å². The number of piperazine rings is 1. The van der Waals surface area contributed by atoms with Gasteiger partial charge in [0.15, 0.2) is 0 Å². The van der Waals surface area contributed by atoms with E-state index in [-0.39, 0.29) is 5.91 Å². The quantitative estimate of drug-likeness (QED) is 0.860. The Morgan fingerprint density at radius 1 is 0.966 bits per heavy atom. The van der Waals surface area contributed by atoms with Crippen LogP contribution in [0.2, 0.25) is 0 Å². The standard InChI is InChI=1S/C22H30N6O/c1-17-7-9-27(10-8-17)19-5-3-18(4-6-19)25-22(29)20-15-21(24-16-23-20)28-13-11-26(2)12-14-28/h3-6,15-17H,7-14H2,1-2H3,(H,25,29). The minimum Gasteiger partial charge on any atom is -0.372 e. The van der Waals surface area contributed by atoms with E-state index in [4.69, 9.17) is 0 Å². The second kappa shape index (κ2) is 8.78. The first-order chi connectivity index (χ1) is 14.1. The monoisotopic (exact) mass is 394 g/mol. The summed E-state index contributed by atoms with van der Waals surface area (Å²) in [5.41, 5.74) is 2.39. The summed E-state index contributed by atoms with van der Waals surface area (Å²) in [5.74, 6) is 1.42. The molecule has 2 saturated heterocycles. The van der Waals surface area contributed by atoms with Gasteiger partial charge in [-0.1, -0.05) is 6.92 Å². The molecule has 0 radical (unpaired) electrons. The van der Waals surface area contributed by atoms with Crippen molar-refractivity contribution in [3.63, 3.8) is 0 Å².